The summed E-state index contributed by atoms with van der Waals surface area (Å²) >= 11 is 0. The van der Waals surface area contributed by atoms with Gasteiger partial charge in [0.1, 0.15) is 0 Å². The molecule has 0 saturated carbocycles. The third kappa shape index (κ3) is 3.70. The average molecular weight is 243 g/mol. The molecule has 0 aromatic carbocycles. The normalized spacial score (nSPS) is 42.6. The molecule has 0 aromatic heterocycles. The van der Waals surface area contributed by atoms with Crippen molar-refractivity contribution in [1.82, 2.24) is 5.09 Å². The van der Waals surface area contributed by atoms with E-state index in [9.17, 15) is 0 Å². The molecular formula is C14H30NP. The fourth-order valence-electron chi connectivity index (χ4n) is 4.00. The highest BCUT2D eigenvalue weighted by Gasteiger charge is 2.36. The summed E-state index contributed by atoms with van der Waals surface area (Å²) in [6.07, 6.45) is 2.71. The highest BCUT2D eigenvalue weighted by Crippen LogP contribution is 2.45. The summed E-state index contributed by atoms with van der Waals surface area (Å²) in [5, 5.41) is 3.78. The molecule has 0 radical (unpaired) electrons. The highest BCUT2D eigenvalue weighted by atomic mass is 31.1. The molecule has 1 aliphatic heterocycles. The predicted molar refractivity (Wildman–Crippen MR) is 76.2 cm³/mol. The van der Waals surface area contributed by atoms with Gasteiger partial charge in [0.05, 0.1) is 0 Å². The van der Waals surface area contributed by atoms with Gasteiger partial charge in [-0.15, -0.1) is 0 Å². The van der Waals surface area contributed by atoms with Crippen LogP contribution in [0.4, 0.5) is 0 Å². The Labute approximate surface area is 104 Å². The van der Waals surface area contributed by atoms with Crippen LogP contribution in [0.3, 0.4) is 0 Å². The van der Waals surface area contributed by atoms with Crippen molar-refractivity contribution < 1.29 is 0 Å². The number of hydrogen-bond donors (Lipinski definition) is 1. The second-order valence-electron chi connectivity index (χ2n) is 6.99. The minimum absolute atomic E-state index is 0.0432. The SMILES string of the molecule is CC1CC(C)C(C(C)(C)C)C(C)CP(C)N1. The Balaban J connectivity index is 2.85. The van der Waals surface area contributed by atoms with E-state index < -0.39 is 0 Å². The minimum atomic E-state index is 0.0432. The van der Waals surface area contributed by atoms with Gasteiger partial charge >= 0.3 is 0 Å². The van der Waals surface area contributed by atoms with E-state index in [1.165, 1.54) is 12.6 Å². The zero-order valence-electron chi connectivity index (χ0n) is 12.2. The summed E-state index contributed by atoms with van der Waals surface area (Å²) in [5.74, 6) is 2.55. The number of nitrogens with one attached hydrogen (secondary N) is 1. The van der Waals surface area contributed by atoms with Crippen LogP contribution >= 0.6 is 8.07 Å². The topological polar surface area (TPSA) is 12.0 Å². The van der Waals surface area contributed by atoms with Crippen molar-refractivity contribution in [3.05, 3.63) is 0 Å². The lowest BCUT2D eigenvalue weighted by Gasteiger charge is -2.44. The zero-order valence-corrected chi connectivity index (χ0v) is 13.1. The maximum absolute atomic E-state index is 3.78. The molecule has 2 heteroatoms. The molecule has 5 unspecified atom stereocenters. The van der Waals surface area contributed by atoms with Crippen molar-refractivity contribution in [3.63, 3.8) is 0 Å². The molecule has 5 atom stereocenters. The van der Waals surface area contributed by atoms with Crippen LogP contribution in [0.2, 0.25) is 0 Å². The van der Waals surface area contributed by atoms with Crippen molar-refractivity contribution >= 4 is 8.07 Å². The Hall–Kier alpha value is 0.390. The summed E-state index contributed by atoms with van der Waals surface area (Å²) in [7, 11) is 0.0432. The summed E-state index contributed by atoms with van der Waals surface area (Å²) in [5.41, 5.74) is 0.450. The lowest BCUT2D eigenvalue weighted by Crippen LogP contribution is -2.39. The fraction of sp³-hybridized carbons (Fsp3) is 1.00. The van der Waals surface area contributed by atoms with Gasteiger partial charge in [-0.05, 0) is 57.4 Å². The first-order valence-electron chi connectivity index (χ1n) is 6.69. The van der Waals surface area contributed by atoms with E-state index in [0.29, 0.717) is 11.5 Å². The molecule has 0 bridgehead atoms. The molecule has 0 aromatic rings. The Morgan fingerprint density at radius 3 is 2.12 bits per heavy atom. The molecule has 1 saturated heterocycles. The van der Waals surface area contributed by atoms with Gasteiger partial charge in [0.2, 0.25) is 0 Å². The average Bonchev–Trinajstić information content (AvgIpc) is 1.96. The van der Waals surface area contributed by atoms with Gasteiger partial charge in [-0.1, -0.05) is 34.6 Å². The van der Waals surface area contributed by atoms with Crippen molar-refractivity contribution in [2.75, 3.05) is 12.8 Å². The predicted octanol–water partition coefficient (Wildman–Crippen LogP) is 4.33. The molecular weight excluding hydrogens is 213 g/mol. The van der Waals surface area contributed by atoms with E-state index in [1.54, 1.807) is 0 Å². The summed E-state index contributed by atoms with van der Waals surface area (Å²) in [6.45, 7) is 16.9. The third-order valence-corrected chi connectivity index (χ3v) is 5.96. The Morgan fingerprint density at radius 2 is 1.62 bits per heavy atom. The van der Waals surface area contributed by atoms with Gasteiger partial charge in [0.15, 0.2) is 0 Å². The van der Waals surface area contributed by atoms with E-state index in [4.69, 9.17) is 0 Å². The third-order valence-electron chi connectivity index (χ3n) is 3.95. The lowest BCUT2D eigenvalue weighted by molar-refractivity contribution is 0.104. The minimum Gasteiger partial charge on any atom is -0.293 e. The van der Waals surface area contributed by atoms with Crippen molar-refractivity contribution in [1.29, 1.82) is 0 Å². The quantitative estimate of drug-likeness (QED) is 0.624. The summed E-state index contributed by atoms with van der Waals surface area (Å²) in [4.78, 5) is 0. The largest absolute Gasteiger partial charge is 0.293 e. The molecule has 0 spiro atoms. The fourth-order valence-corrected chi connectivity index (χ4v) is 6.05. The van der Waals surface area contributed by atoms with Crippen molar-refractivity contribution in [3.8, 4) is 0 Å². The zero-order chi connectivity index (χ0) is 12.5. The van der Waals surface area contributed by atoms with E-state index in [2.05, 4.69) is 53.3 Å². The Bertz CT molecular complexity index is 205. The summed E-state index contributed by atoms with van der Waals surface area (Å²) < 4.78 is 0. The van der Waals surface area contributed by atoms with Crippen LogP contribution in [0, 0.1) is 23.2 Å². The molecule has 0 amide bonds. The number of hydrogen-bond acceptors (Lipinski definition) is 1. The Morgan fingerprint density at radius 1 is 1.06 bits per heavy atom. The first kappa shape index (κ1) is 14.5. The van der Waals surface area contributed by atoms with Crippen LogP contribution in [-0.4, -0.2) is 18.9 Å². The first-order valence-corrected chi connectivity index (χ1v) is 8.66. The maximum Gasteiger partial charge on any atom is 0.00776 e. The lowest BCUT2D eigenvalue weighted by atomic mass is 9.66. The molecule has 1 fully saturated rings. The van der Waals surface area contributed by atoms with Gasteiger partial charge in [-0.3, -0.25) is 5.09 Å². The van der Waals surface area contributed by atoms with Crippen LogP contribution < -0.4 is 5.09 Å². The van der Waals surface area contributed by atoms with Crippen LogP contribution in [0.1, 0.15) is 48.0 Å². The van der Waals surface area contributed by atoms with Crippen LogP contribution in [0.5, 0.6) is 0 Å². The Kier molecular flexibility index (Phi) is 4.84. The van der Waals surface area contributed by atoms with E-state index in [-0.39, 0.29) is 8.07 Å². The van der Waals surface area contributed by atoms with Crippen LogP contribution in [0.15, 0.2) is 0 Å². The smallest absolute Gasteiger partial charge is 0.00776 e. The second-order valence-corrected chi connectivity index (χ2v) is 9.01. The first-order chi connectivity index (χ1) is 7.21. The highest BCUT2D eigenvalue weighted by molar-refractivity contribution is 7.54. The van der Waals surface area contributed by atoms with Crippen molar-refractivity contribution in [2.45, 2.75) is 54.0 Å². The van der Waals surface area contributed by atoms with Crippen LogP contribution in [-0.2, 0) is 0 Å². The molecule has 1 heterocycles. The monoisotopic (exact) mass is 243 g/mol. The molecule has 1 N–H and O–H groups in total. The van der Waals surface area contributed by atoms with Crippen LogP contribution in [0.25, 0.3) is 0 Å². The molecule has 1 rings (SSSR count). The molecule has 0 aliphatic carbocycles. The summed E-state index contributed by atoms with van der Waals surface area (Å²) in [6, 6.07) is 0.698. The van der Waals surface area contributed by atoms with Gasteiger partial charge in [0.25, 0.3) is 0 Å². The standard InChI is InChI=1S/C14H30NP/c1-10-8-12(3)15-16(7)9-11(2)13(10)14(4,5)6/h10-13,15H,8-9H2,1-7H3. The van der Waals surface area contributed by atoms with Crippen molar-refractivity contribution in [2.24, 2.45) is 23.2 Å². The molecule has 96 valence electrons. The second kappa shape index (κ2) is 5.36. The van der Waals surface area contributed by atoms with E-state index in [1.807, 2.05) is 0 Å². The molecule has 16 heavy (non-hydrogen) atoms. The van der Waals surface area contributed by atoms with Gasteiger partial charge in [-0.2, -0.15) is 0 Å². The van der Waals surface area contributed by atoms with E-state index in [0.717, 1.165) is 17.8 Å². The van der Waals surface area contributed by atoms with E-state index >= 15 is 0 Å². The maximum atomic E-state index is 3.78. The molecule has 1 aliphatic rings. The van der Waals surface area contributed by atoms with Gasteiger partial charge in [0, 0.05) is 6.04 Å². The molecule has 1 nitrogen and oxygen atoms in total. The van der Waals surface area contributed by atoms with Gasteiger partial charge in [-0.25, -0.2) is 0 Å². The number of rotatable bonds is 0. The van der Waals surface area contributed by atoms with Gasteiger partial charge < -0.3 is 0 Å².